The van der Waals surface area contributed by atoms with E-state index in [4.69, 9.17) is 9.72 Å². The number of aromatic nitrogens is 2. The molecule has 0 aromatic carbocycles. The van der Waals surface area contributed by atoms with Gasteiger partial charge in [0.25, 0.3) is 0 Å². The van der Waals surface area contributed by atoms with E-state index in [-0.39, 0.29) is 5.60 Å². The highest BCUT2D eigenvalue weighted by atomic mass is 16.5. The lowest BCUT2D eigenvalue weighted by Crippen LogP contribution is -2.30. The Morgan fingerprint density at radius 1 is 1.17 bits per heavy atom. The van der Waals surface area contributed by atoms with Crippen molar-refractivity contribution in [3.05, 3.63) is 23.3 Å². The SMILES string of the molecule is COC1(c2ncc3c(n2)CNC3)CCCCCC1. The number of nitrogens with one attached hydrogen (secondary N) is 1. The van der Waals surface area contributed by atoms with Gasteiger partial charge >= 0.3 is 0 Å². The normalized spacial score (nSPS) is 22.5. The number of hydrogen-bond acceptors (Lipinski definition) is 4. The Morgan fingerprint density at radius 3 is 2.67 bits per heavy atom. The molecule has 98 valence electrons. The van der Waals surface area contributed by atoms with Crippen LogP contribution in [0.3, 0.4) is 0 Å². The van der Waals surface area contributed by atoms with E-state index in [1.165, 1.54) is 31.2 Å². The van der Waals surface area contributed by atoms with E-state index >= 15 is 0 Å². The van der Waals surface area contributed by atoms with E-state index < -0.39 is 0 Å². The first kappa shape index (κ1) is 12.1. The number of nitrogens with zero attached hydrogens (tertiary/aromatic N) is 2. The van der Waals surface area contributed by atoms with Crippen molar-refractivity contribution in [1.82, 2.24) is 15.3 Å². The molecule has 1 fully saturated rings. The smallest absolute Gasteiger partial charge is 0.160 e. The van der Waals surface area contributed by atoms with E-state index in [9.17, 15) is 0 Å². The lowest BCUT2D eigenvalue weighted by atomic mass is 9.93. The zero-order valence-electron chi connectivity index (χ0n) is 11.0. The molecule has 1 aliphatic heterocycles. The van der Waals surface area contributed by atoms with Gasteiger partial charge in [-0.3, -0.25) is 0 Å². The summed E-state index contributed by atoms with van der Waals surface area (Å²) >= 11 is 0. The third-order valence-electron chi connectivity index (χ3n) is 4.27. The van der Waals surface area contributed by atoms with Gasteiger partial charge in [-0.2, -0.15) is 0 Å². The van der Waals surface area contributed by atoms with Crippen LogP contribution in [-0.2, 0) is 23.4 Å². The molecule has 0 spiro atoms. The van der Waals surface area contributed by atoms with Crippen LogP contribution in [0.15, 0.2) is 6.20 Å². The molecule has 1 saturated carbocycles. The van der Waals surface area contributed by atoms with Gasteiger partial charge in [0.2, 0.25) is 0 Å². The zero-order chi connectivity index (χ0) is 12.4. The predicted octanol–water partition coefficient (Wildman–Crippen LogP) is 2.28. The Balaban J connectivity index is 1.95. The van der Waals surface area contributed by atoms with Crippen LogP contribution in [0.25, 0.3) is 0 Å². The van der Waals surface area contributed by atoms with Crippen LogP contribution in [-0.4, -0.2) is 17.1 Å². The van der Waals surface area contributed by atoms with Crippen molar-refractivity contribution in [3.63, 3.8) is 0 Å². The summed E-state index contributed by atoms with van der Waals surface area (Å²) in [4.78, 5) is 9.35. The van der Waals surface area contributed by atoms with Crippen molar-refractivity contribution >= 4 is 0 Å². The molecule has 0 bridgehead atoms. The Labute approximate surface area is 108 Å². The molecule has 3 rings (SSSR count). The predicted molar refractivity (Wildman–Crippen MR) is 69.0 cm³/mol. The van der Waals surface area contributed by atoms with Gasteiger partial charge in [0.15, 0.2) is 5.82 Å². The summed E-state index contributed by atoms with van der Waals surface area (Å²) in [6, 6.07) is 0. The van der Waals surface area contributed by atoms with Gasteiger partial charge in [0.05, 0.1) is 5.69 Å². The molecule has 4 nitrogen and oxygen atoms in total. The Morgan fingerprint density at radius 2 is 1.94 bits per heavy atom. The minimum atomic E-state index is -0.242. The second-order valence-electron chi connectivity index (χ2n) is 5.38. The van der Waals surface area contributed by atoms with E-state index in [2.05, 4.69) is 10.3 Å². The van der Waals surface area contributed by atoms with Gasteiger partial charge in [0, 0.05) is 32.0 Å². The quantitative estimate of drug-likeness (QED) is 0.814. The van der Waals surface area contributed by atoms with Gasteiger partial charge in [-0.25, -0.2) is 9.97 Å². The van der Waals surface area contributed by atoms with Crippen LogP contribution in [0.4, 0.5) is 0 Å². The van der Waals surface area contributed by atoms with Crippen LogP contribution in [0.2, 0.25) is 0 Å². The van der Waals surface area contributed by atoms with Crippen molar-refractivity contribution in [2.24, 2.45) is 0 Å². The van der Waals surface area contributed by atoms with Gasteiger partial charge in [-0.1, -0.05) is 25.7 Å². The average Bonchev–Trinajstić information content (AvgIpc) is 2.74. The molecule has 0 radical (unpaired) electrons. The molecule has 2 aliphatic rings. The third-order valence-corrected chi connectivity index (χ3v) is 4.27. The molecule has 18 heavy (non-hydrogen) atoms. The minimum absolute atomic E-state index is 0.242. The van der Waals surface area contributed by atoms with Crippen molar-refractivity contribution in [3.8, 4) is 0 Å². The van der Waals surface area contributed by atoms with Crippen LogP contribution < -0.4 is 5.32 Å². The van der Waals surface area contributed by atoms with Crippen molar-refractivity contribution in [1.29, 1.82) is 0 Å². The maximum Gasteiger partial charge on any atom is 0.160 e. The summed E-state index contributed by atoms with van der Waals surface area (Å²) in [6.07, 6.45) is 9.11. The first-order chi connectivity index (χ1) is 8.84. The van der Waals surface area contributed by atoms with Gasteiger partial charge in [-0.15, -0.1) is 0 Å². The second-order valence-corrected chi connectivity index (χ2v) is 5.38. The van der Waals surface area contributed by atoms with Crippen LogP contribution >= 0.6 is 0 Å². The van der Waals surface area contributed by atoms with Gasteiger partial charge in [0.1, 0.15) is 5.60 Å². The zero-order valence-corrected chi connectivity index (χ0v) is 11.0. The lowest BCUT2D eigenvalue weighted by Gasteiger charge is -2.29. The number of hydrogen-bond donors (Lipinski definition) is 1. The third kappa shape index (κ3) is 2.04. The van der Waals surface area contributed by atoms with Crippen LogP contribution in [0.5, 0.6) is 0 Å². The van der Waals surface area contributed by atoms with Crippen molar-refractivity contribution in [2.75, 3.05) is 7.11 Å². The van der Waals surface area contributed by atoms with E-state index in [0.717, 1.165) is 37.4 Å². The average molecular weight is 247 g/mol. The number of rotatable bonds is 2. The Kier molecular flexibility index (Phi) is 3.31. The summed E-state index contributed by atoms with van der Waals surface area (Å²) in [5.41, 5.74) is 2.15. The molecule has 2 heterocycles. The first-order valence-corrected chi connectivity index (χ1v) is 6.95. The van der Waals surface area contributed by atoms with E-state index in [0.29, 0.717) is 0 Å². The molecule has 4 heteroatoms. The summed E-state index contributed by atoms with van der Waals surface area (Å²) in [6.45, 7) is 1.76. The topological polar surface area (TPSA) is 47.0 Å². The molecular weight excluding hydrogens is 226 g/mol. The van der Waals surface area contributed by atoms with E-state index in [1.54, 1.807) is 7.11 Å². The number of ether oxygens (including phenoxy) is 1. The number of methoxy groups -OCH3 is 1. The van der Waals surface area contributed by atoms with Crippen LogP contribution in [0, 0.1) is 0 Å². The molecule has 1 N–H and O–H groups in total. The maximum absolute atomic E-state index is 5.86. The second kappa shape index (κ2) is 4.94. The highest BCUT2D eigenvalue weighted by Crippen LogP contribution is 2.37. The molecule has 0 amide bonds. The summed E-state index contributed by atoms with van der Waals surface area (Å²) in [7, 11) is 1.81. The Hall–Kier alpha value is -1.00. The molecule has 1 aliphatic carbocycles. The molecule has 0 saturated heterocycles. The van der Waals surface area contributed by atoms with Crippen molar-refractivity contribution in [2.45, 2.75) is 57.2 Å². The fourth-order valence-electron chi connectivity index (χ4n) is 3.10. The molecular formula is C14H21N3O. The largest absolute Gasteiger partial charge is 0.370 e. The van der Waals surface area contributed by atoms with Gasteiger partial charge < -0.3 is 10.1 Å². The Bertz CT molecular complexity index is 425. The van der Waals surface area contributed by atoms with Crippen LogP contribution in [0.1, 0.15) is 55.6 Å². The highest BCUT2D eigenvalue weighted by molar-refractivity contribution is 5.23. The summed E-state index contributed by atoms with van der Waals surface area (Å²) in [5.74, 6) is 0.898. The minimum Gasteiger partial charge on any atom is -0.370 e. The van der Waals surface area contributed by atoms with E-state index in [1.807, 2.05) is 6.20 Å². The molecule has 0 atom stereocenters. The maximum atomic E-state index is 5.86. The molecule has 1 aromatic heterocycles. The molecule has 0 unspecified atom stereocenters. The van der Waals surface area contributed by atoms with Gasteiger partial charge in [-0.05, 0) is 12.8 Å². The lowest BCUT2D eigenvalue weighted by molar-refractivity contribution is -0.0353. The number of fused-ring (bicyclic) bond motifs is 1. The highest BCUT2D eigenvalue weighted by Gasteiger charge is 2.36. The van der Waals surface area contributed by atoms with Crippen molar-refractivity contribution < 1.29 is 4.74 Å². The summed E-state index contributed by atoms with van der Waals surface area (Å²) < 4.78 is 5.86. The fraction of sp³-hybridized carbons (Fsp3) is 0.714. The fourth-order valence-corrected chi connectivity index (χ4v) is 3.10. The standard InChI is InChI=1S/C14H21N3O/c1-18-14(6-4-2-3-5-7-14)13-16-9-11-8-15-10-12(11)17-13/h9,15H,2-8,10H2,1H3. The molecule has 1 aromatic rings. The monoisotopic (exact) mass is 247 g/mol. The summed E-state index contributed by atoms with van der Waals surface area (Å²) in [5, 5.41) is 3.32. The first-order valence-electron chi connectivity index (χ1n) is 6.95.